The molecule has 0 saturated heterocycles. The maximum absolute atomic E-state index is 13.7. The summed E-state index contributed by atoms with van der Waals surface area (Å²) in [6.07, 6.45) is 0.527. The molecule has 1 heterocycles. The molecule has 1 aliphatic heterocycles. The Balaban J connectivity index is 2.35. The van der Waals surface area contributed by atoms with E-state index in [1.54, 1.807) is 6.07 Å². The summed E-state index contributed by atoms with van der Waals surface area (Å²) in [7, 11) is -1.25. The maximum Gasteiger partial charge on any atom is 0.494 e. The molecule has 0 spiro atoms. The minimum atomic E-state index is -1.25. The maximum atomic E-state index is 13.7. The van der Waals surface area contributed by atoms with Gasteiger partial charge in [0.05, 0.1) is 6.61 Å². The Morgan fingerprint density at radius 2 is 2.47 bits per heavy atom. The molecule has 0 atom stereocenters. The summed E-state index contributed by atoms with van der Waals surface area (Å²) in [4.78, 5) is 10.1. The van der Waals surface area contributed by atoms with E-state index in [1.165, 1.54) is 6.07 Å². The minimum absolute atomic E-state index is 0.0506. The third-order valence-corrected chi connectivity index (χ3v) is 2.19. The van der Waals surface area contributed by atoms with Crippen molar-refractivity contribution in [2.45, 2.75) is 6.61 Å². The molecule has 2 rings (SSSR count). The Morgan fingerprint density at radius 1 is 1.67 bits per heavy atom. The number of halogens is 1. The molecular formula is C9H8BFO4. The van der Waals surface area contributed by atoms with Crippen LogP contribution in [0.4, 0.5) is 4.39 Å². The van der Waals surface area contributed by atoms with Gasteiger partial charge in [-0.25, -0.2) is 4.39 Å². The van der Waals surface area contributed by atoms with Gasteiger partial charge in [0.2, 0.25) is 0 Å². The molecule has 0 radical (unpaired) electrons. The summed E-state index contributed by atoms with van der Waals surface area (Å²) in [5, 5.41) is 9.32. The monoisotopic (exact) mass is 210 g/mol. The van der Waals surface area contributed by atoms with Gasteiger partial charge in [-0.3, -0.25) is 4.79 Å². The highest BCUT2D eigenvalue weighted by Crippen LogP contribution is 2.20. The summed E-state index contributed by atoms with van der Waals surface area (Å²) < 4.78 is 23.4. The van der Waals surface area contributed by atoms with Crippen molar-refractivity contribution in [3.63, 3.8) is 0 Å². The quantitative estimate of drug-likeness (QED) is 0.545. The largest absolute Gasteiger partial charge is 0.494 e. The smallest absolute Gasteiger partial charge is 0.483 e. The van der Waals surface area contributed by atoms with Gasteiger partial charge in [-0.05, 0) is 11.6 Å². The molecule has 15 heavy (non-hydrogen) atoms. The van der Waals surface area contributed by atoms with Crippen LogP contribution >= 0.6 is 0 Å². The van der Waals surface area contributed by atoms with E-state index in [9.17, 15) is 14.2 Å². The van der Waals surface area contributed by atoms with Crippen LogP contribution in [0.15, 0.2) is 12.1 Å². The van der Waals surface area contributed by atoms with Crippen molar-refractivity contribution in [1.82, 2.24) is 0 Å². The lowest BCUT2D eigenvalue weighted by molar-refractivity contribution is -0.109. The van der Waals surface area contributed by atoms with E-state index in [1.807, 2.05) is 0 Å². The Labute approximate surface area is 85.8 Å². The van der Waals surface area contributed by atoms with Crippen molar-refractivity contribution in [3.05, 3.63) is 23.5 Å². The van der Waals surface area contributed by atoms with Crippen molar-refractivity contribution >= 4 is 18.9 Å². The zero-order valence-corrected chi connectivity index (χ0v) is 7.77. The average molecular weight is 210 g/mol. The number of hydrogen-bond acceptors (Lipinski definition) is 4. The first-order valence-corrected chi connectivity index (χ1v) is 4.41. The fraction of sp³-hybridized carbons (Fsp3) is 0.222. The second-order valence-electron chi connectivity index (χ2n) is 3.09. The van der Waals surface area contributed by atoms with Crippen LogP contribution in [0, 0.1) is 5.82 Å². The number of hydrogen-bond donors (Lipinski definition) is 1. The molecule has 4 nitrogen and oxygen atoms in total. The molecule has 0 aliphatic carbocycles. The summed E-state index contributed by atoms with van der Waals surface area (Å²) in [6, 6.07) is 3.02. The highest BCUT2D eigenvalue weighted by atomic mass is 19.1. The van der Waals surface area contributed by atoms with Gasteiger partial charge in [0.1, 0.15) is 6.61 Å². The van der Waals surface area contributed by atoms with Crippen LogP contribution in [0.3, 0.4) is 0 Å². The van der Waals surface area contributed by atoms with E-state index in [4.69, 9.17) is 9.39 Å². The summed E-state index contributed by atoms with van der Waals surface area (Å²) in [5.74, 6) is -0.718. The average Bonchev–Trinajstić information content (AvgIpc) is 2.60. The van der Waals surface area contributed by atoms with Gasteiger partial charge >= 0.3 is 7.12 Å². The van der Waals surface area contributed by atoms with Crippen molar-refractivity contribution in [2.24, 2.45) is 0 Å². The molecule has 6 heteroatoms. The fourth-order valence-electron chi connectivity index (χ4n) is 1.49. The molecule has 0 saturated carbocycles. The van der Waals surface area contributed by atoms with E-state index in [0.717, 1.165) is 0 Å². The van der Waals surface area contributed by atoms with Crippen molar-refractivity contribution < 1.29 is 23.6 Å². The first-order valence-electron chi connectivity index (χ1n) is 4.41. The van der Waals surface area contributed by atoms with Crippen LogP contribution in [-0.2, 0) is 16.1 Å². The van der Waals surface area contributed by atoms with Crippen LogP contribution in [-0.4, -0.2) is 25.0 Å². The summed E-state index contributed by atoms with van der Waals surface area (Å²) in [6.45, 7) is -0.0337. The Morgan fingerprint density at radius 3 is 3.20 bits per heavy atom. The number of benzene rings is 1. The van der Waals surface area contributed by atoms with Gasteiger partial charge in [-0.1, -0.05) is 6.07 Å². The molecular weight excluding hydrogens is 202 g/mol. The molecule has 0 aromatic heterocycles. The van der Waals surface area contributed by atoms with E-state index >= 15 is 0 Å². The predicted molar refractivity (Wildman–Crippen MR) is 50.4 cm³/mol. The first-order chi connectivity index (χ1) is 7.24. The SMILES string of the molecule is O=CCOc1ccc2c(c1F)B(O)OC2. The number of carbonyl (C=O) groups excluding carboxylic acids is 1. The highest BCUT2D eigenvalue weighted by molar-refractivity contribution is 6.61. The first kappa shape index (κ1) is 10.1. The number of rotatable bonds is 3. The number of aldehydes is 1. The highest BCUT2D eigenvalue weighted by Gasteiger charge is 2.32. The Hall–Kier alpha value is -1.40. The van der Waals surface area contributed by atoms with Gasteiger partial charge < -0.3 is 14.4 Å². The van der Waals surface area contributed by atoms with Gasteiger partial charge in [-0.15, -0.1) is 0 Å². The molecule has 1 aliphatic rings. The van der Waals surface area contributed by atoms with Gasteiger partial charge in [-0.2, -0.15) is 0 Å². The van der Waals surface area contributed by atoms with E-state index in [-0.39, 0.29) is 24.4 Å². The van der Waals surface area contributed by atoms with Gasteiger partial charge in [0.25, 0.3) is 0 Å². The third kappa shape index (κ3) is 1.73. The topological polar surface area (TPSA) is 55.8 Å². The minimum Gasteiger partial charge on any atom is -0.483 e. The standard InChI is InChI=1S/C9H8BFO4/c11-9-7(14-4-3-12)2-1-6-5-15-10(13)8(6)9/h1-3,13H,4-5H2. The van der Waals surface area contributed by atoms with E-state index in [0.29, 0.717) is 11.8 Å². The van der Waals surface area contributed by atoms with E-state index in [2.05, 4.69) is 0 Å². The van der Waals surface area contributed by atoms with Crippen LogP contribution in [0.5, 0.6) is 5.75 Å². The number of ether oxygens (including phenoxy) is 1. The lowest BCUT2D eigenvalue weighted by Crippen LogP contribution is -2.31. The Bertz CT molecular complexity index is 396. The zero-order chi connectivity index (χ0) is 10.8. The van der Waals surface area contributed by atoms with Crippen LogP contribution in [0.1, 0.15) is 5.56 Å². The van der Waals surface area contributed by atoms with Crippen LogP contribution < -0.4 is 10.2 Å². The molecule has 78 valence electrons. The summed E-state index contributed by atoms with van der Waals surface area (Å²) >= 11 is 0. The molecule has 0 unspecified atom stereocenters. The molecule has 1 aromatic carbocycles. The molecule has 1 aromatic rings. The lowest BCUT2D eigenvalue weighted by Gasteiger charge is -2.07. The predicted octanol–water partition coefficient (Wildman–Crippen LogP) is -0.379. The van der Waals surface area contributed by atoms with Crippen LogP contribution in [0.25, 0.3) is 0 Å². The molecule has 1 N–H and O–H groups in total. The van der Waals surface area contributed by atoms with Crippen LogP contribution in [0.2, 0.25) is 0 Å². The third-order valence-electron chi connectivity index (χ3n) is 2.19. The fourth-order valence-corrected chi connectivity index (χ4v) is 1.49. The molecule has 0 amide bonds. The van der Waals surface area contributed by atoms with Crippen molar-refractivity contribution in [1.29, 1.82) is 0 Å². The van der Waals surface area contributed by atoms with Gasteiger partial charge in [0.15, 0.2) is 17.9 Å². The molecule has 0 bridgehead atoms. The molecule has 0 fully saturated rings. The Kier molecular flexibility index (Phi) is 2.70. The number of carbonyl (C=O) groups is 1. The lowest BCUT2D eigenvalue weighted by atomic mass is 9.79. The second-order valence-corrected chi connectivity index (χ2v) is 3.09. The normalized spacial score (nSPS) is 13.9. The van der Waals surface area contributed by atoms with Crippen molar-refractivity contribution in [3.8, 4) is 5.75 Å². The van der Waals surface area contributed by atoms with Crippen molar-refractivity contribution in [2.75, 3.05) is 6.61 Å². The summed E-state index contributed by atoms with van der Waals surface area (Å²) in [5.41, 5.74) is 0.692. The zero-order valence-electron chi connectivity index (χ0n) is 7.77. The number of fused-ring (bicyclic) bond motifs is 1. The van der Waals surface area contributed by atoms with Gasteiger partial charge in [0, 0.05) is 5.46 Å². The second kappa shape index (κ2) is 4.00. The van der Waals surface area contributed by atoms with E-state index < -0.39 is 12.9 Å².